The van der Waals surface area contributed by atoms with Crippen molar-refractivity contribution in [3.8, 4) is 0 Å². The van der Waals surface area contributed by atoms with E-state index >= 15 is 0 Å². The van der Waals surface area contributed by atoms with E-state index in [1.807, 2.05) is 19.9 Å². The molecule has 0 saturated carbocycles. The van der Waals surface area contributed by atoms with Crippen LogP contribution < -0.4 is 0 Å². The Morgan fingerprint density at radius 3 is 2.75 bits per heavy atom. The Kier molecular flexibility index (Phi) is 6.28. The highest BCUT2D eigenvalue weighted by Crippen LogP contribution is 2.23. The van der Waals surface area contributed by atoms with E-state index in [4.69, 9.17) is 9.47 Å². The minimum atomic E-state index is -0.372. The van der Waals surface area contributed by atoms with Gasteiger partial charge in [-0.1, -0.05) is 32.6 Å². The van der Waals surface area contributed by atoms with Gasteiger partial charge in [0, 0.05) is 12.1 Å². The molecule has 0 aromatic heterocycles. The number of amides is 1. The molecule has 0 saturated heterocycles. The van der Waals surface area contributed by atoms with E-state index in [2.05, 4.69) is 6.58 Å². The van der Waals surface area contributed by atoms with Gasteiger partial charge in [-0.2, -0.15) is 0 Å². The largest absolute Gasteiger partial charge is 0.463 e. The molecule has 1 amide bonds. The summed E-state index contributed by atoms with van der Waals surface area (Å²) in [4.78, 5) is 25.4. The standard InChI is InChI=1S/C15H23NO4/c1-5-9-20-15(18)16-8-7-12(14(17)19-6-2)10-13(16)11(3)4/h5,10-11,13H,1,6-9H2,2-4H3/t13-/m1/s1. The molecule has 0 unspecified atom stereocenters. The van der Waals surface area contributed by atoms with Gasteiger partial charge in [0.15, 0.2) is 0 Å². The van der Waals surface area contributed by atoms with Crippen molar-refractivity contribution >= 4 is 12.1 Å². The molecule has 0 spiro atoms. The van der Waals surface area contributed by atoms with Crippen LogP contribution in [0.15, 0.2) is 24.3 Å². The Labute approximate surface area is 120 Å². The second-order valence-electron chi connectivity index (χ2n) is 4.96. The third-order valence-corrected chi connectivity index (χ3v) is 3.13. The number of carbonyl (C=O) groups is 2. The van der Waals surface area contributed by atoms with Crippen LogP contribution in [0.3, 0.4) is 0 Å². The number of carbonyl (C=O) groups excluding carboxylic acids is 2. The Hall–Kier alpha value is -1.78. The van der Waals surface area contributed by atoms with E-state index in [0.29, 0.717) is 25.1 Å². The zero-order valence-corrected chi connectivity index (χ0v) is 12.4. The van der Waals surface area contributed by atoms with E-state index in [1.54, 1.807) is 11.8 Å². The first-order chi connectivity index (χ1) is 9.51. The summed E-state index contributed by atoms with van der Waals surface area (Å²) in [5.74, 6) is -0.103. The molecule has 0 fully saturated rings. The fourth-order valence-corrected chi connectivity index (χ4v) is 2.14. The van der Waals surface area contributed by atoms with Crippen LogP contribution in [0, 0.1) is 5.92 Å². The molecule has 20 heavy (non-hydrogen) atoms. The van der Waals surface area contributed by atoms with E-state index in [1.165, 1.54) is 6.08 Å². The molecule has 5 heteroatoms. The number of hydrogen-bond donors (Lipinski definition) is 0. The van der Waals surface area contributed by atoms with Crippen molar-refractivity contribution in [2.24, 2.45) is 5.92 Å². The van der Waals surface area contributed by atoms with Gasteiger partial charge in [-0.05, 0) is 19.3 Å². The first kappa shape index (κ1) is 16.3. The SMILES string of the molecule is C=CCOC(=O)N1CCC(C(=O)OCC)=C[C@@H]1C(C)C. The maximum Gasteiger partial charge on any atom is 0.410 e. The normalized spacial score (nSPS) is 18.5. The highest BCUT2D eigenvalue weighted by atomic mass is 16.6. The van der Waals surface area contributed by atoms with Crippen LogP contribution in [0.2, 0.25) is 0 Å². The molecule has 5 nitrogen and oxygen atoms in total. The molecule has 0 aliphatic carbocycles. The van der Waals surface area contributed by atoms with E-state index in [-0.39, 0.29) is 30.6 Å². The van der Waals surface area contributed by atoms with Gasteiger partial charge in [0.05, 0.1) is 12.6 Å². The maximum absolute atomic E-state index is 12.0. The summed E-state index contributed by atoms with van der Waals surface area (Å²) < 4.78 is 10.1. The van der Waals surface area contributed by atoms with Gasteiger partial charge in [-0.3, -0.25) is 0 Å². The summed E-state index contributed by atoms with van der Waals surface area (Å²) in [5.41, 5.74) is 0.637. The summed E-state index contributed by atoms with van der Waals surface area (Å²) >= 11 is 0. The third-order valence-electron chi connectivity index (χ3n) is 3.13. The number of hydrogen-bond acceptors (Lipinski definition) is 4. The maximum atomic E-state index is 12.0. The summed E-state index contributed by atoms with van der Waals surface area (Å²) in [6.07, 6.45) is 3.47. The minimum absolute atomic E-state index is 0.152. The zero-order valence-electron chi connectivity index (χ0n) is 12.4. The molecular formula is C15H23NO4. The highest BCUT2D eigenvalue weighted by molar-refractivity contribution is 5.89. The summed E-state index contributed by atoms with van der Waals surface area (Å²) in [6.45, 7) is 10.3. The molecule has 1 rings (SSSR count). The van der Waals surface area contributed by atoms with Crippen molar-refractivity contribution in [2.75, 3.05) is 19.8 Å². The highest BCUT2D eigenvalue weighted by Gasteiger charge is 2.31. The van der Waals surface area contributed by atoms with Gasteiger partial charge in [0.25, 0.3) is 0 Å². The lowest BCUT2D eigenvalue weighted by Gasteiger charge is -2.35. The van der Waals surface area contributed by atoms with Gasteiger partial charge in [0.2, 0.25) is 0 Å². The second kappa shape index (κ2) is 7.72. The van der Waals surface area contributed by atoms with Crippen molar-refractivity contribution in [2.45, 2.75) is 33.2 Å². The lowest BCUT2D eigenvalue weighted by Crippen LogP contribution is -2.46. The zero-order chi connectivity index (χ0) is 15.1. The van der Waals surface area contributed by atoms with Crippen LogP contribution in [-0.2, 0) is 14.3 Å². The molecule has 1 heterocycles. The van der Waals surface area contributed by atoms with Crippen LogP contribution in [0.4, 0.5) is 4.79 Å². The second-order valence-corrected chi connectivity index (χ2v) is 4.96. The van der Waals surface area contributed by atoms with Gasteiger partial charge >= 0.3 is 12.1 Å². The van der Waals surface area contributed by atoms with Crippen LogP contribution in [0.25, 0.3) is 0 Å². The molecule has 0 N–H and O–H groups in total. The van der Waals surface area contributed by atoms with E-state index < -0.39 is 0 Å². The molecule has 1 aliphatic heterocycles. The number of esters is 1. The number of nitrogens with zero attached hydrogens (tertiary/aromatic N) is 1. The molecule has 0 aromatic carbocycles. The monoisotopic (exact) mass is 281 g/mol. The Morgan fingerprint density at radius 2 is 2.20 bits per heavy atom. The van der Waals surface area contributed by atoms with E-state index in [9.17, 15) is 9.59 Å². The fourth-order valence-electron chi connectivity index (χ4n) is 2.14. The molecule has 1 aliphatic rings. The van der Waals surface area contributed by atoms with Gasteiger partial charge in [0.1, 0.15) is 6.61 Å². The van der Waals surface area contributed by atoms with Crippen LogP contribution in [0.1, 0.15) is 27.2 Å². The van der Waals surface area contributed by atoms with Crippen molar-refractivity contribution < 1.29 is 19.1 Å². The Balaban J connectivity index is 2.83. The molecule has 0 radical (unpaired) electrons. The minimum Gasteiger partial charge on any atom is -0.463 e. The van der Waals surface area contributed by atoms with Gasteiger partial charge in [-0.15, -0.1) is 0 Å². The fraction of sp³-hybridized carbons (Fsp3) is 0.600. The van der Waals surface area contributed by atoms with Gasteiger partial charge in [-0.25, -0.2) is 9.59 Å². The lowest BCUT2D eigenvalue weighted by molar-refractivity contribution is -0.138. The molecule has 0 aromatic rings. The molecule has 1 atom stereocenters. The smallest absolute Gasteiger partial charge is 0.410 e. The molecule has 0 bridgehead atoms. The third kappa shape index (κ3) is 4.11. The van der Waals surface area contributed by atoms with Crippen LogP contribution in [0.5, 0.6) is 0 Å². The quantitative estimate of drug-likeness (QED) is 0.574. The van der Waals surface area contributed by atoms with Gasteiger partial charge < -0.3 is 14.4 Å². The molecule has 112 valence electrons. The van der Waals surface area contributed by atoms with E-state index in [0.717, 1.165) is 0 Å². The predicted molar refractivity (Wildman–Crippen MR) is 76.2 cm³/mol. The Bertz CT molecular complexity index is 401. The Morgan fingerprint density at radius 1 is 1.50 bits per heavy atom. The van der Waals surface area contributed by atoms with Crippen LogP contribution in [-0.4, -0.2) is 42.8 Å². The first-order valence-corrected chi connectivity index (χ1v) is 6.93. The van der Waals surface area contributed by atoms with Crippen LogP contribution >= 0.6 is 0 Å². The number of ether oxygens (including phenoxy) is 2. The summed E-state index contributed by atoms with van der Waals surface area (Å²) in [5, 5.41) is 0. The van der Waals surface area contributed by atoms with Crippen molar-refractivity contribution in [3.63, 3.8) is 0 Å². The van der Waals surface area contributed by atoms with Crippen molar-refractivity contribution in [1.82, 2.24) is 4.90 Å². The summed E-state index contributed by atoms with van der Waals surface area (Å²) in [6, 6.07) is -0.152. The molecular weight excluding hydrogens is 258 g/mol. The predicted octanol–water partition coefficient (Wildman–Crippen LogP) is 2.53. The number of rotatable bonds is 5. The summed E-state index contributed by atoms with van der Waals surface area (Å²) in [7, 11) is 0. The van der Waals surface area contributed by atoms with Crippen molar-refractivity contribution in [1.29, 1.82) is 0 Å². The topological polar surface area (TPSA) is 55.8 Å². The lowest BCUT2D eigenvalue weighted by atomic mass is 9.94. The average molecular weight is 281 g/mol. The first-order valence-electron chi connectivity index (χ1n) is 6.93. The van der Waals surface area contributed by atoms with Crippen molar-refractivity contribution in [3.05, 3.63) is 24.3 Å². The average Bonchev–Trinajstić information content (AvgIpc) is 2.44.